The predicted octanol–water partition coefficient (Wildman–Crippen LogP) is 4.16. The molecule has 2 atom stereocenters. The normalized spacial score (nSPS) is 19.9. The van der Waals surface area contributed by atoms with Gasteiger partial charge in [0, 0.05) is 11.6 Å². The minimum absolute atomic E-state index is 0.260. The van der Waals surface area contributed by atoms with Gasteiger partial charge in [0.1, 0.15) is 11.4 Å². The Labute approximate surface area is 156 Å². The molecule has 3 aromatic rings. The Balaban J connectivity index is 1.67. The summed E-state index contributed by atoms with van der Waals surface area (Å²) < 4.78 is 15.3. The van der Waals surface area contributed by atoms with E-state index in [4.69, 9.17) is 5.73 Å². The Hall–Kier alpha value is -2.96. The Morgan fingerprint density at radius 1 is 1.30 bits per heavy atom. The van der Waals surface area contributed by atoms with E-state index in [0.29, 0.717) is 33.9 Å². The Morgan fingerprint density at radius 3 is 2.89 bits per heavy atom. The number of primary amides is 1. The van der Waals surface area contributed by atoms with Crippen molar-refractivity contribution < 1.29 is 9.18 Å². The van der Waals surface area contributed by atoms with Gasteiger partial charge in [-0.05, 0) is 43.0 Å². The van der Waals surface area contributed by atoms with Gasteiger partial charge in [0.25, 0.3) is 5.91 Å². The number of halogens is 1. The third-order valence-corrected chi connectivity index (χ3v) is 5.31. The van der Waals surface area contributed by atoms with E-state index >= 15 is 0 Å². The van der Waals surface area contributed by atoms with Gasteiger partial charge in [0.05, 0.1) is 23.4 Å². The van der Waals surface area contributed by atoms with Crippen LogP contribution in [0.5, 0.6) is 0 Å². The highest BCUT2D eigenvalue weighted by Crippen LogP contribution is 2.34. The molecule has 7 heteroatoms. The number of anilines is 2. The molecule has 3 N–H and O–H groups in total. The molecule has 1 fully saturated rings. The Bertz CT molecular complexity index is 999. The molecular weight excluding hydrogens is 345 g/mol. The van der Waals surface area contributed by atoms with Gasteiger partial charge in [0.2, 0.25) is 0 Å². The first-order valence-electron chi connectivity index (χ1n) is 9.22. The molecule has 2 aromatic heterocycles. The third kappa shape index (κ3) is 3.49. The molecule has 0 bridgehead atoms. The predicted molar refractivity (Wildman–Crippen MR) is 102 cm³/mol. The lowest BCUT2D eigenvalue weighted by atomic mass is 9.86. The van der Waals surface area contributed by atoms with Crippen molar-refractivity contribution in [2.24, 2.45) is 11.7 Å². The van der Waals surface area contributed by atoms with E-state index in [0.717, 1.165) is 19.3 Å². The summed E-state index contributed by atoms with van der Waals surface area (Å²) >= 11 is 0. The van der Waals surface area contributed by atoms with Gasteiger partial charge in [-0.25, -0.2) is 4.39 Å². The van der Waals surface area contributed by atoms with Gasteiger partial charge >= 0.3 is 0 Å². The number of aromatic nitrogens is 3. The fraction of sp³-hybridized carbons (Fsp3) is 0.350. The molecular formula is C20H22FN5O. The summed E-state index contributed by atoms with van der Waals surface area (Å²) in [4.78, 5) is 16.2. The number of carbonyl (C=O) groups is 1. The highest BCUT2D eigenvalue weighted by molar-refractivity contribution is 5.98. The molecule has 0 saturated heterocycles. The van der Waals surface area contributed by atoms with Crippen LogP contribution in [0.15, 0.2) is 36.7 Å². The van der Waals surface area contributed by atoms with Crippen molar-refractivity contribution in [2.45, 2.75) is 38.6 Å². The number of pyridine rings is 1. The van der Waals surface area contributed by atoms with Gasteiger partial charge < -0.3 is 11.1 Å². The number of benzene rings is 1. The number of nitrogens with zero attached hydrogens (tertiary/aromatic N) is 3. The van der Waals surface area contributed by atoms with Crippen LogP contribution < -0.4 is 11.1 Å². The molecule has 6 nitrogen and oxygen atoms in total. The topological polar surface area (TPSA) is 85.8 Å². The van der Waals surface area contributed by atoms with Gasteiger partial charge in [-0.3, -0.25) is 14.5 Å². The fourth-order valence-electron chi connectivity index (χ4n) is 3.83. The van der Waals surface area contributed by atoms with Crippen molar-refractivity contribution >= 4 is 28.3 Å². The number of carbonyl (C=O) groups excluding carboxylic acids is 1. The number of amides is 1. The zero-order valence-electron chi connectivity index (χ0n) is 15.2. The SMILES string of the molecule is CC1CCCCC1n1cc(C(N)=O)c(Nc2cnc3ccc(F)cc3c2)n1. The molecule has 0 radical (unpaired) electrons. The minimum atomic E-state index is -0.535. The second-order valence-corrected chi connectivity index (χ2v) is 7.25. The van der Waals surface area contributed by atoms with E-state index in [1.54, 1.807) is 24.5 Å². The summed E-state index contributed by atoms with van der Waals surface area (Å²) in [5.74, 6) is 0.0391. The van der Waals surface area contributed by atoms with Crippen molar-refractivity contribution in [3.05, 3.63) is 48.0 Å². The maximum Gasteiger partial charge on any atom is 0.254 e. The number of fused-ring (bicyclic) bond motifs is 1. The zero-order valence-corrected chi connectivity index (χ0v) is 15.2. The van der Waals surface area contributed by atoms with Crippen LogP contribution in [0, 0.1) is 11.7 Å². The first kappa shape index (κ1) is 17.5. The van der Waals surface area contributed by atoms with Crippen LogP contribution in [0.1, 0.15) is 49.0 Å². The number of hydrogen-bond donors (Lipinski definition) is 2. The summed E-state index contributed by atoms with van der Waals surface area (Å²) in [7, 11) is 0. The van der Waals surface area contributed by atoms with E-state index in [2.05, 4.69) is 22.3 Å². The summed E-state index contributed by atoms with van der Waals surface area (Å²) in [6.45, 7) is 2.21. The standard InChI is InChI=1S/C20H22FN5O/c1-12-4-2-3-5-18(12)26-11-16(19(22)27)20(25-26)24-15-9-13-8-14(21)6-7-17(13)23-10-15/h6-12,18H,2-5H2,1H3,(H2,22,27)(H,24,25). The van der Waals surface area contributed by atoms with Crippen LogP contribution in [-0.2, 0) is 0 Å². The monoisotopic (exact) mass is 367 g/mol. The number of nitrogens with two attached hydrogens (primary N) is 1. The van der Waals surface area contributed by atoms with Crippen molar-refractivity contribution in [1.29, 1.82) is 0 Å². The second kappa shape index (κ2) is 6.98. The molecule has 1 aromatic carbocycles. The van der Waals surface area contributed by atoms with E-state index < -0.39 is 5.91 Å². The molecule has 0 spiro atoms. The maximum absolute atomic E-state index is 13.5. The molecule has 2 heterocycles. The second-order valence-electron chi connectivity index (χ2n) is 7.25. The number of rotatable bonds is 4. The van der Waals surface area contributed by atoms with Crippen molar-refractivity contribution in [3.8, 4) is 0 Å². The van der Waals surface area contributed by atoms with Crippen LogP contribution in [0.3, 0.4) is 0 Å². The maximum atomic E-state index is 13.5. The van der Waals surface area contributed by atoms with E-state index in [9.17, 15) is 9.18 Å². The summed E-state index contributed by atoms with van der Waals surface area (Å²) in [6.07, 6.45) is 7.94. The van der Waals surface area contributed by atoms with Gasteiger partial charge in [-0.2, -0.15) is 5.10 Å². The molecule has 1 aliphatic rings. The van der Waals surface area contributed by atoms with Gasteiger partial charge in [0.15, 0.2) is 5.82 Å². The van der Waals surface area contributed by atoms with E-state index in [1.807, 2.05) is 4.68 Å². The lowest BCUT2D eigenvalue weighted by molar-refractivity contribution is 0.100. The quantitative estimate of drug-likeness (QED) is 0.725. The van der Waals surface area contributed by atoms with Crippen LogP contribution in [-0.4, -0.2) is 20.7 Å². The van der Waals surface area contributed by atoms with Crippen molar-refractivity contribution in [2.75, 3.05) is 5.32 Å². The molecule has 0 aliphatic heterocycles. The van der Waals surface area contributed by atoms with Crippen LogP contribution in [0.4, 0.5) is 15.9 Å². The molecule has 1 aliphatic carbocycles. The molecule has 2 unspecified atom stereocenters. The van der Waals surface area contributed by atoms with Crippen LogP contribution in [0.2, 0.25) is 0 Å². The lowest BCUT2D eigenvalue weighted by Crippen LogP contribution is -2.21. The Morgan fingerprint density at radius 2 is 2.11 bits per heavy atom. The molecule has 27 heavy (non-hydrogen) atoms. The minimum Gasteiger partial charge on any atom is -0.365 e. The smallest absolute Gasteiger partial charge is 0.254 e. The number of hydrogen-bond acceptors (Lipinski definition) is 4. The first-order valence-corrected chi connectivity index (χ1v) is 9.22. The van der Waals surface area contributed by atoms with Crippen LogP contribution in [0.25, 0.3) is 10.9 Å². The average Bonchev–Trinajstić information content (AvgIpc) is 3.05. The molecule has 1 amide bonds. The van der Waals surface area contributed by atoms with Gasteiger partial charge in [-0.1, -0.05) is 19.8 Å². The molecule has 140 valence electrons. The number of nitrogens with one attached hydrogen (secondary N) is 1. The summed E-state index contributed by atoms with van der Waals surface area (Å²) in [5, 5.41) is 8.39. The fourth-order valence-corrected chi connectivity index (χ4v) is 3.83. The zero-order chi connectivity index (χ0) is 19.0. The van der Waals surface area contributed by atoms with Crippen molar-refractivity contribution in [3.63, 3.8) is 0 Å². The molecule has 1 saturated carbocycles. The molecule has 4 rings (SSSR count). The van der Waals surface area contributed by atoms with Gasteiger partial charge in [-0.15, -0.1) is 0 Å². The van der Waals surface area contributed by atoms with Crippen LogP contribution >= 0.6 is 0 Å². The highest BCUT2D eigenvalue weighted by Gasteiger charge is 2.26. The first-order chi connectivity index (χ1) is 13.0. The summed E-state index contributed by atoms with van der Waals surface area (Å²) in [5.41, 5.74) is 7.21. The Kier molecular flexibility index (Phi) is 4.51. The van der Waals surface area contributed by atoms with E-state index in [-0.39, 0.29) is 11.9 Å². The largest absolute Gasteiger partial charge is 0.365 e. The van der Waals surface area contributed by atoms with Crippen molar-refractivity contribution in [1.82, 2.24) is 14.8 Å². The average molecular weight is 367 g/mol. The lowest BCUT2D eigenvalue weighted by Gasteiger charge is -2.28. The van der Waals surface area contributed by atoms with E-state index in [1.165, 1.54) is 18.6 Å². The summed E-state index contributed by atoms with van der Waals surface area (Å²) in [6, 6.07) is 6.46. The third-order valence-electron chi connectivity index (χ3n) is 5.31. The highest BCUT2D eigenvalue weighted by atomic mass is 19.1.